The molecule has 1 rings (SSSR count). The van der Waals surface area contributed by atoms with E-state index in [4.69, 9.17) is 11.6 Å². The molecular formula is C11H13BrClNO2. The van der Waals surface area contributed by atoms with Crippen molar-refractivity contribution in [1.29, 1.82) is 0 Å². The van der Waals surface area contributed by atoms with E-state index in [9.17, 15) is 9.90 Å². The van der Waals surface area contributed by atoms with Crippen molar-refractivity contribution in [3.05, 3.63) is 33.3 Å². The second-order valence-corrected chi connectivity index (χ2v) is 5.22. The van der Waals surface area contributed by atoms with E-state index in [2.05, 4.69) is 15.9 Å². The van der Waals surface area contributed by atoms with Crippen LogP contribution in [0.2, 0.25) is 5.02 Å². The zero-order valence-corrected chi connectivity index (χ0v) is 11.6. The molecule has 1 aromatic rings. The van der Waals surface area contributed by atoms with E-state index in [-0.39, 0.29) is 0 Å². The molecule has 0 aliphatic rings. The minimum atomic E-state index is -1.13. The molecule has 0 radical (unpaired) electrons. The quantitative estimate of drug-likeness (QED) is 0.933. The maximum absolute atomic E-state index is 11.4. The van der Waals surface area contributed by atoms with E-state index in [0.717, 1.165) is 4.47 Å². The van der Waals surface area contributed by atoms with Crippen LogP contribution in [-0.2, 0) is 10.3 Å². The summed E-state index contributed by atoms with van der Waals surface area (Å²) in [6.07, 6.45) is 0. The molecule has 0 spiro atoms. The Kier molecular flexibility index (Phi) is 3.99. The molecule has 0 aromatic heterocycles. The minimum absolute atomic E-state index is 0.438. The smallest absolute Gasteiger partial charge is 0.328 e. The number of hydrogen-bond donors (Lipinski definition) is 1. The zero-order chi connectivity index (χ0) is 12.5. The predicted octanol–water partition coefficient (Wildman–Crippen LogP) is 2.96. The van der Waals surface area contributed by atoms with Crippen LogP contribution < -0.4 is 0 Å². The summed E-state index contributed by atoms with van der Waals surface area (Å²) in [7, 11) is 3.43. The van der Waals surface area contributed by atoms with E-state index >= 15 is 0 Å². The first-order chi connectivity index (χ1) is 7.30. The van der Waals surface area contributed by atoms with Gasteiger partial charge in [-0.1, -0.05) is 33.6 Å². The third-order valence-electron chi connectivity index (χ3n) is 2.77. The molecule has 5 heteroatoms. The number of benzene rings is 1. The Morgan fingerprint density at radius 3 is 2.44 bits per heavy atom. The second-order valence-electron chi connectivity index (χ2n) is 3.90. The van der Waals surface area contributed by atoms with E-state index < -0.39 is 11.5 Å². The summed E-state index contributed by atoms with van der Waals surface area (Å²) in [4.78, 5) is 13.0. The van der Waals surface area contributed by atoms with Crippen molar-refractivity contribution >= 4 is 33.5 Å². The Bertz CT molecular complexity index is 422. The van der Waals surface area contributed by atoms with Gasteiger partial charge in [0.1, 0.15) is 5.54 Å². The molecule has 1 aromatic carbocycles. The average Bonchev–Trinajstić information content (AvgIpc) is 2.15. The molecular weight excluding hydrogens is 293 g/mol. The van der Waals surface area contributed by atoms with Gasteiger partial charge in [-0.25, -0.2) is 4.79 Å². The van der Waals surface area contributed by atoms with Crippen molar-refractivity contribution in [2.24, 2.45) is 0 Å². The van der Waals surface area contributed by atoms with Gasteiger partial charge in [-0.3, -0.25) is 4.90 Å². The summed E-state index contributed by atoms with van der Waals surface area (Å²) in [6.45, 7) is 1.63. The first kappa shape index (κ1) is 13.5. The lowest BCUT2D eigenvalue weighted by atomic mass is 9.91. The summed E-state index contributed by atoms with van der Waals surface area (Å²) in [5.41, 5.74) is -0.549. The first-order valence-corrected chi connectivity index (χ1v) is 5.83. The number of halogens is 2. The fourth-order valence-corrected chi connectivity index (χ4v) is 2.29. The first-order valence-electron chi connectivity index (χ1n) is 4.66. The van der Waals surface area contributed by atoms with Crippen molar-refractivity contribution in [3.8, 4) is 0 Å². The summed E-state index contributed by atoms with van der Waals surface area (Å²) >= 11 is 9.37. The minimum Gasteiger partial charge on any atom is -0.480 e. The zero-order valence-electron chi connectivity index (χ0n) is 9.29. The number of nitrogens with zero attached hydrogens (tertiary/aromatic N) is 1. The lowest BCUT2D eigenvalue weighted by Crippen LogP contribution is -2.45. The van der Waals surface area contributed by atoms with Crippen LogP contribution >= 0.6 is 27.5 Å². The van der Waals surface area contributed by atoms with E-state index in [1.165, 1.54) is 0 Å². The highest BCUT2D eigenvalue weighted by molar-refractivity contribution is 9.10. The topological polar surface area (TPSA) is 40.5 Å². The van der Waals surface area contributed by atoms with Gasteiger partial charge in [0.05, 0.1) is 0 Å². The molecule has 0 bridgehead atoms. The van der Waals surface area contributed by atoms with Crippen LogP contribution in [0.25, 0.3) is 0 Å². The Morgan fingerprint density at radius 1 is 1.50 bits per heavy atom. The van der Waals surface area contributed by atoms with Crippen molar-refractivity contribution in [1.82, 2.24) is 4.90 Å². The van der Waals surface area contributed by atoms with Crippen molar-refractivity contribution in [3.63, 3.8) is 0 Å². The van der Waals surface area contributed by atoms with E-state index in [1.807, 2.05) is 0 Å². The van der Waals surface area contributed by atoms with Gasteiger partial charge >= 0.3 is 5.97 Å². The number of carboxylic acid groups (broad SMARTS) is 1. The molecule has 0 aliphatic carbocycles. The molecule has 0 aliphatic heterocycles. The van der Waals surface area contributed by atoms with Crippen LogP contribution in [0.15, 0.2) is 22.7 Å². The molecule has 0 fully saturated rings. The molecule has 1 N–H and O–H groups in total. The molecule has 1 atom stereocenters. The number of hydrogen-bond acceptors (Lipinski definition) is 2. The Hall–Kier alpha value is -0.580. The predicted molar refractivity (Wildman–Crippen MR) is 67.8 cm³/mol. The molecule has 0 saturated heterocycles. The Labute approximate surface area is 108 Å². The van der Waals surface area contributed by atoms with Gasteiger partial charge in [-0.2, -0.15) is 0 Å². The largest absolute Gasteiger partial charge is 0.480 e. The highest BCUT2D eigenvalue weighted by Crippen LogP contribution is 2.33. The molecule has 0 amide bonds. The average molecular weight is 307 g/mol. The second kappa shape index (κ2) is 4.73. The van der Waals surface area contributed by atoms with Gasteiger partial charge in [-0.15, -0.1) is 0 Å². The Balaban J connectivity index is 3.38. The third-order valence-corrected chi connectivity index (χ3v) is 3.57. The lowest BCUT2D eigenvalue weighted by Gasteiger charge is -2.33. The number of likely N-dealkylation sites (N-methyl/N-ethyl adjacent to an activating group) is 1. The van der Waals surface area contributed by atoms with Crippen LogP contribution in [0.1, 0.15) is 12.5 Å². The van der Waals surface area contributed by atoms with Crippen LogP contribution in [-0.4, -0.2) is 30.1 Å². The fraction of sp³-hybridized carbons (Fsp3) is 0.364. The summed E-state index contributed by atoms with van der Waals surface area (Å²) in [5.74, 6) is -0.929. The van der Waals surface area contributed by atoms with Gasteiger partial charge in [0.25, 0.3) is 0 Å². The number of aliphatic carboxylic acids is 1. The normalized spacial score (nSPS) is 14.9. The molecule has 16 heavy (non-hydrogen) atoms. The Morgan fingerprint density at radius 2 is 2.06 bits per heavy atom. The van der Waals surface area contributed by atoms with Crippen molar-refractivity contribution in [2.75, 3.05) is 14.1 Å². The fourth-order valence-electron chi connectivity index (χ4n) is 1.43. The SMILES string of the molecule is CN(C)C(C)(C(=O)O)c1ccc(Br)cc1Cl. The highest BCUT2D eigenvalue weighted by Gasteiger charge is 2.39. The van der Waals surface area contributed by atoms with Gasteiger partial charge in [0, 0.05) is 15.1 Å². The monoisotopic (exact) mass is 305 g/mol. The lowest BCUT2D eigenvalue weighted by molar-refractivity contribution is -0.149. The van der Waals surface area contributed by atoms with Gasteiger partial charge < -0.3 is 5.11 Å². The van der Waals surface area contributed by atoms with E-state index in [1.54, 1.807) is 44.1 Å². The summed E-state index contributed by atoms with van der Waals surface area (Å²) in [5, 5.41) is 9.78. The summed E-state index contributed by atoms with van der Waals surface area (Å²) < 4.78 is 0.827. The maximum Gasteiger partial charge on any atom is 0.328 e. The number of rotatable bonds is 3. The number of carboxylic acids is 1. The van der Waals surface area contributed by atoms with Crippen molar-refractivity contribution in [2.45, 2.75) is 12.5 Å². The third kappa shape index (κ3) is 2.24. The molecule has 0 saturated carbocycles. The molecule has 88 valence electrons. The molecule has 1 unspecified atom stereocenters. The standard InChI is InChI=1S/C11H13BrClNO2/c1-11(10(15)16,14(2)3)8-5-4-7(12)6-9(8)13/h4-6H,1-3H3,(H,15,16). The van der Waals surface area contributed by atoms with E-state index in [0.29, 0.717) is 10.6 Å². The van der Waals surface area contributed by atoms with Gasteiger partial charge in [0.2, 0.25) is 0 Å². The van der Waals surface area contributed by atoms with Crippen LogP contribution in [0.4, 0.5) is 0 Å². The van der Waals surface area contributed by atoms with Gasteiger partial charge in [0.15, 0.2) is 0 Å². The number of carbonyl (C=O) groups is 1. The van der Waals surface area contributed by atoms with Crippen LogP contribution in [0.5, 0.6) is 0 Å². The molecule has 3 nitrogen and oxygen atoms in total. The highest BCUT2D eigenvalue weighted by atomic mass is 79.9. The summed E-state index contributed by atoms with van der Waals surface area (Å²) in [6, 6.07) is 5.20. The van der Waals surface area contributed by atoms with Gasteiger partial charge in [-0.05, 0) is 33.2 Å². The maximum atomic E-state index is 11.4. The van der Waals surface area contributed by atoms with Crippen molar-refractivity contribution < 1.29 is 9.90 Å². The van der Waals surface area contributed by atoms with Crippen LogP contribution in [0, 0.1) is 0 Å². The van der Waals surface area contributed by atoms with Crippen LogP contribution in [0.3, 0.4) is 0 Å². The molecule has 0 heterocycles.